The van der Waals surface area contributed by atoms with Crippen LogP contribution < -0.4 is 0 Å². The summed E-state index contributed by atoms with van der Waals surface area (Å²) in [5.41, 5.74) is 0.975. The lowest BCUT2D eigenvalue weighted by atomic mass is 10.1. The molecule has 1 aromatic rings. The van der Waals surface area contributed by atoms with Crippen LogP contribution in [-0.4, -0.2) is 23.6 Å². The van der Waals surface area contributed by atoms with Crippen LogP contribution in [0.4, 0.5) is 0 Å². The third-order valence-corrected chi connectivity index (χ3v) is 2.73. The molecule has 2 heterocycles. The van der Waals surface area contributed by atoms with Crippen LogP contribution in [0.5, 0.6) is 0 Å². The molecule has 1 saturated heterocycles. The maximum atomic E-state index is 5.28. The molecule has 1 aliphatic heterocycles. The summed E-state index contributed by atoms with van der Waals surface area (Å²) in [4.78, 5) is 2.34. The maximum absolute atomic E-state index is 5.28. The molecule has 0 aliphatic carbocycles. The second-order valence-corrected chi connectivity index (χ2v) is 4.17. The Bertz CT molecular complexity index is 300. The van der Waals surface area contributed by atoms with E-state index in [0.717, 1.165) is 23.9 Å². The zero-order valence-electron chi connectivity index (χ0n) is 8.86. The van der Waals surface area contributed by atoms with Crippen LogP contribution in [0.15, 0.2) is 10.6 Å². The molecule has 1 fully saturated rings. The van der Waals surface area contributed by atoms with Crippen molar-refractivity contribution >= 4 is 12.4 Å². The predicted octanol–water partition coefficient (Wildman–Crippen LogP) is 2.42. The lowest BCUT2D eigenvalue weighted by Gasteiger charge is -2.15. The zero-order chi connectivity index (χ0) is 9.42. The molecule has 4 heteroatoms. The van der Waals surface area contributed by atoms with E-state index in [9.17, 15) is 0 Å². The highest BCUT2D eigenvalue weighted by atomic mass is 35.5. The van der Waals surface area contributed by atoms with E-state index in [0.29, 0.717) is 6.04 Å². The monoisotopic (exact) mass is 216 g/mol. The van der Waals surface area contributed by atoms with Crippen LogP contribution in [0.1, 0.15) is 30.8 Å². The lowest BCUT2D eigenvalue weighted by Crippen LogP contribution is -2.17. The summed E-state index contributed by atoms with van der Waals surface area (Å²) in [6, 6.07) is 2.48. The van der Waals surface area contributed by atoms with E-state index >= 15 is 0 Å². The first kappa shape index (κ1) is 11.5. The van der Waals surface area contributed by atoms with Crippen molar-refractivity contribution in [3.8, 4) is 0 Å². The van der Waals surface area contributed by atoms with E-state index in [4.69, 9.17) is 4.52 Å². The van der Waals surface area contributed by atoms with Crippen molar-refractivity contribution < 1.29 is 4.52 Å². The number of hydrogen-bond acceptors (Lipinski definition) is 3. The molecule has 0 aromatic carbocycles. The van der Waals surface area contributed by atoms with Gasteiger partial charge in [-0.05, 0) is 26.3 Å². The topological polar surface area (TPSA) is 29.3 Å². The summed E-state index contributed by atoms with van der Waals surface area (Å²) in [6.07, 6.45) is 1.19. The Labute approximate surface area is 90.9 Å². The van der Waals surface area contributed by atoms with Gasteiger partial charge in [-0.15, -0.1) is 12.4 Å². The molecular weight excluding hydrogens is 200 g/mol. The van der Waals surface area contributed by atoms with E-state index in [1.54, 1.807) is 0 Å². The normalized spacial score (nSPS) is 27.6. The SMILES string of the molecule is Cc1cc(C2C[C@H](C)CN2C)on1.Cl. The first-order valence-corrected chi connectivity index (χ1v) is 4.80. The minimum absolute atomic E-state index is 0. The molecule has 1 aliphatic rings. The Hall–Kier alpha value is -0.540. The quantitative estimate of drug-likeness (QED) is 0.722. The Morgan fingerprint density at radius 2 is 2.29 bits per heavy atom. The van der Waals surface area contributed by atoms with Crippen molar-refractivity contribution in [2.45, 2.75) is 26.3 Å². The van der Waals surface area contributed by atoms with Gasteiger partial charge in [0.25, 0.3) is 0 Å². The molecule has 2 rings (SSSR count). The average Bonchev–Trinajstić information content (AvgIpc) is 2.58. The van der Waals surface area contributed by atoms with Crippen LogP contribution in [0, 0.1) is 12.8 Å². The third kappa shape index (κ3) is 2.10. The summed E-state index contributed by atoms with van der Waals surface area (Å²) in [5.74, 6) is 1.78. The number of rotatable bonds is 1. The molecule has 0 bridgehead atoms. The summed E-state index contributed by atoms with van der Waals surface area (Å²) in [6.45, 7) is 5.40. The molecule has 14 heavy (non-hydrogen) atoms. The molecular formula is C10H17ClN2O. The highest BCUT2D eigenvalue weighted by molar-refractivity contribution is 5.85. The van der Waals surface area contributed by atoms with E-state index in [2.05, 4.69) is 24.0 Å². The summed E-state index contributed by atoms with van der Waals surface area (Å²) in [7, 11) is 2.14. The molecule has 3 nitrogen and oxygen atoms in total. The van der Waals surface area contributed by atoms with Gasteiger partial charge in [0.2, 0.25) is 0 Å². The molecule has 0 amide bonds. The molecule has 0 saturated carbocycles. The van der Waals surface area contributed by atoms with Crippen LogP contribution in [0.3, 0.4) is 0 Å². The van der Waals surface area contributed by atoms with Gasteiger partial charge in [-0.25, -0.2) is 0 Å². The highest BCUT2D eigenvalue weighted by Crippen LogP contribution is 2.33. The lowest BCUT2D eigenvalue weighted by molar-refractivity contribution is 0.251. The fourth-order valence-electron chi connectivity index (χ4n) is 2.13. The number of halogens is 1. The predicted molar refractivity (Wildman–Crippen MR) is 57.6 cm³/mol. The van der Waals surface area contributed by atoms with E-state index in [1.807, 2.05) is 13.0 Å². The van der Waals surface area contributed by atoms with E-state index in [-0.39, 0.29) is 12.4 Å². The van der Waals surface area contributed by atoms with Crippen LogP contribution in [0.2, 0.25) is 0 Å². The van der Waals surface area contributed by atoms with Crippen LogP contribution in [0.25, 0.3) is 0 Å². The van der Waals surface area contributed by atoms with Gasteiger partial charge >= 0.3 is 0 Å². The van der Waals surface area contributed by atoms with Gasteiger partial charge in [-0.2, -0.15) is 0 Å². The first-order valence-electron chi connectivity index (χ1n) is 4.80. The van der Waals surface area contributed by atoms with Gasteiger partial charge in [-0.1, -0.05) is 12.1 Å². The standard InChI is InChI=1S/C10H16N2O.ClH/c1-7-4-9(12(3)6-7)10-5-8(2)11-13-10;/h5,7,9H,4,6H2,1-3H3;1H/t7-,9?;/m0./s1. The molecule has 2 atom stereocenters. The molecule has 0 radical (unpaired) electrons. The number of aryl methyl sites for hydroxylation is 1. The van der Waals surface area contributed by atoms with E-state index in [1.165, 1.54) is 6.42 Å². The van der Waals surface area contributed by atoms with Gasteiger partial charge in [0, 0.05) is 12.6 Å². The van der Waals surface area contributed by atoms with Gasteiger partial charge < -0.3 is 4.52 Å². The molecule has 0 N–H and O–H groups in total. The summed E-state index contributed by atoms with van der Waals surface area (Å²) < 4.78 is 5.28. The molecule has 0 spiro atoms. The Kier molecular flexibility index (Phi) is 3.56. The number of likely N-dealkylation sites (tertiary alicyclic amines) is 1. The second kappa shape index (κ2) is 4.32. The van der Waals surface area contributed by atoms with Crippen molar-refractivity contribution in [2.24, 2.45) is 5.92 Å². The summed E-state index contributed by atoms with van der Waals surface area (Å²) >= 11 is 0. The van der Waals surface area contributed by atoms with E-state index < -0.39 is 0 Å². The van der Waals surface area contributed by atoms with Gasteiger partial charge in [0.15, 0.2) is 5.76 Å². The average molecular weight is 217 g/mol. The van der Waals surface area contributed by atoms with Gasteiger partial charge in [-0.3, -0.25) is 4.90 Å². The highest BCUT2D eigenvalue weighted by Gasteiger charge is 2.30. The molecule has 1 aromatic heterocycles. The smallest absolute Gasteiger partial charge is 0.154 e. The zero-order valence-corrected chi connectivity index (χ0v) is 9.67. The molecule has 1 unspecified atom stereocenters. The molecule has 80 valence electrons. The fourth-order valence-corrected chi connectivity index (χ4v) is 2.13. The minimum atomic E-state index is 0. The minimum Gasteiger partial charge on any atom is -0.359 e. The number of nitrogens with zero attached hydrogens (tertiary/aromatic N) is 2. The van der Waals surface area contributed by atoms with Crippen molar-refractivity contribution in [1.82, 2.24) is 10.1 Å². The first-order chi connectivity index (χ1) is 6.16. The Balaban J connectivity index is 0.000000980. The second-order valence-electron chi connectivity index (χ2n) is 4.17. The van der Waals surface area contributed by atoms with Gasteiger partial charge in [0.1, 0.15) is 0 Å². The van der Waals surface area contributed by atoms with Crippen LogP contribution >= 0.6 is 12.4 Å². The fraction of sp³-hybridized carbons (Fsp3) is 0.700. The Morgan fingerprint density at radius 3 is 2.71 bits per heavy atom. The summed E-state index contributed by atoms with van der Waals surface area (Å²) in [5, 5.41) is 3.92. The number of aromatic nitrogens is 1. The van der Waals surface area contributed by atoms with Crippen molar-refractivity contribution in [3.05, 3.63) is 17.5 Å². The van der Waals surface area contributed by atoms with Crippen molar-refractivity contribution in [1.29, 1.82) is 0 Å². The Morgan fingerprint density at radius 1 is 1.57 bits per heavy atom. The maximum Gasteiger partial charge on any atom is 0.154 e. The largest absolute Gasteiger partial charge is 0.359 e. The van der Waals surface area contributed by atoms with Crippen molar-refractivity contribution in [3.63, 3.8) is 0 Å². The van der Waals surface area contributed by atoms with Crippen LogP contribution in [-0.2, 0) is 0 Å². The third-order valence-electron chi connectivity index (χ3n) is 2.73. The van der Waals surface area contributed by atoms with Crippen molar-refractivity contribution in [2.75, 3.05) is 13.6 Å². The van der Waals surface area contributed by atoms with Gasteiger partial charge in [0.05, 0.1) is 11.7 Å². The number of hydrogen-bond donors (Lipinski definition) is 0.